The van der Waals surface area contributed by atoms with Gasteiger partial charge in [-0.2, -0.15) is 0 Å². The molecule has 0 saturated carbocycles. The zero-order chi connectivity index (χ0) is 16.8. The maximum atomic E-state index is 12.4. The lowest BCUT2D eigenvalue weighted by molar-refractivity contribution is -0.137. The second-order valence-corrected chi connectivity index (χ2v) is 5.52. The minimum atomic E-state index is -0.620. The van der Waals surface area contributed by atoms with E-state index < -0.39 is 6.10 Å². The van der Waals surface area contributed by atoms with Crippen molar-refractivity contribution in [1.82, 2.24) is 4.90 Å². The number of nitrogens with zero attached hydrogens (tertiary/aromatic N) is 1. The van der Waals surface area contributed by atoms with Crippen molar-refractivity contribution in [2.75, 3.05) is 7.05 Å². The van der Waals surface area contributed by atoms with E-state index in [1.165, 1.54) is 6.92 Å². The summed E-state index contributed by atoms with van der Waals surface area (Å²) in [6.07, 6.45) is -0.620. The third-order valence-electron chi connectivity index (χ3n) is 3.54. The SMILES string of the molecule is CC(=O)c1cccc(OC(C)C(=O)N(C)Cc2ccccc2)c1. The van der Waals surface area contributed by atoms with Gasteiger partial charge in [0, 0.05) is 19.2 Å². The van der Waals surface area contributed by atoms with Gasteiger partial charge < -0.3 is 9.64 Å². The Labute approximate surface area is 136 Å². The van der Waals surface area contributed by atoms with Gasteiger partial charge in [-0.25, -0.2) is 0 Å². The molecule has 0 aliphatic heterocycles. The van der Waals surface area contributed by atoms with E-state index in [9.17, 15) is 9.59 Å². The highest BCUT2D eigenvalue weighted by molar-refractivity contribution is 5.94. The Kier molecular flexibility index (Phi) is 5.52. The lowest BCUT2D eigenvalue weighted by Crippen LogP contribution is -2.37. The van der Waals surface area contributed by atoms with Gasteiger partial charge in [0.2, 0.25) is 0 Å². The van der Waals surface area contributed by atoms with Crippen molar-refractivity contribution in [2.24, 2.45) is 0 Å². The Bertz CT molecular complexity index is 682. The van der Waals surface area contributed by atoms with E-state index in [4.69, 9.17) is 4.74 Å². The van der Waals surface area contributed by atoms with Crippen molar-refractivity contribution < 1.29 is 14.3 Å². The van der Waals surface area contributed by atoms with Gasteiger partial charge in [-0.3, -0.25) is 9.59 Å². The fourth-order valence-corrected chi connectivity index (χ4v) is 2.29. The molecule has 120 valence electrons. The normalized spacial score (nSPS) is 11.6. The lowest BCUT2D eigenvalue weighted by Gasteiger charge is -2.22. The topological polar surface area (TPSA) is 46.6 Å². The first-order chi connectivity index (χ1) is 11.0. The van der Waals surface area contributed by atoms with Crippen LogP contribution in [0.1, 0.15) is 29.8 Å². The van der Waals surface area contributed by atoms with Crippen LogP contribution in [0, 0.1) is 0 Å². The summed E-state index contributed by atoms with van der Waals surface area (Å²) in [4.78, 5) is 25.4. The standard InChI is InChI=1S/C19H21NO3/c1-14(21)17-10-7-11-18(12-17)23-15(2)19(22)20(3)13-16-8-5-4-6-9-16/h4-12,15H,13H2,1-3H3. The predicted octanol–water partition coefficient (Wildman–Crippen LogP) is 3.32. The number of hydrogen-bond acceptors (Lipinski definition) is 3. The molecule has 0 aromatic heterocycles. The van der Waals surface area contributed by atoms with Crippen molar-refractivity contribution in [3.63, 3.8) is 0 Å². The van der Waals surface area contributed by atoms with Crippen LogP contribution in [-0.4, -0.2) is 29.7 Å². The molecule has 0 aliphatic carbocycles. The third kappa shape index (κ3) is 4.68. The molecule has 23 heavy (non-hydrogen) atoms. The monoisotopic (exact) mass is 311 g/mol. The molecule has 0 aliphatic rings. The predicted molar refractivity (Wildman–Crippen MR) is 89.5 cm³/mol. The summed E-state index contributed by atoms with van der Waals surface area (Å²) < 4.78 is 5.68. The number of carbonyl (C=O) groups is 2. The molecule has 4 nitrogen and oxygen atoms in total. The molecule has 0 spiro atoms. The zero-order valence-electron chi connectivity index (χ0n) is 13.7. The highest BCUT2D eigenvalue weighted by Gasteiger charge is 2.19. The highest BCUT2D eigenvalue weighted by atomic mass is 16.5. The molecular weight excluding hydrogens is 290 g/mol. The van der Waals surface area contributed by atoms with Crippen LogP contribution in [0.25, 0.3) is 0 Å². The maximum absolute atomic E-state index is 12.4. The van der Waals surface area contributed by atoms with E-state index >= 15 is 0 Å². The van der Waals surface area contributed by atoms with E-state index in [2.05, 4.69) is 0 Å². The van der Waals surface area contributed by atoms with Crippen LogP contribution in [0.4, 0.5) is 0 Å². The molecule has 1 unspecified atom stereocenters. The molecule has 2 aromatic rings. The number of benzene rings is 2. The van der Waals surface area contributed by atoms with Crippen molar-refractivity contribution in [1.29, 1.82) is 0 Å². The molecule has 0 heterocycles. The molecule has 0 N–H and O–H groups in total. The number of likely N-dealkylation sites (N-methyl/N-ethyl adjacent to an activating group) is 1. The van der Waals surface area contributed by atoms with E-state index in [0.717, 1.165) is 5.56 Å². The van der Waals surface area contributed by atoms with Gasteiger partial charge in [0.05, 0.1) is 0 Å². The summed E-state index contributed by atoms with van der Waals surface area (Å²) >= 11 is 0. The maximum Gasteiger partial charge on any atom is 0.263 e. The summed E-state index contributed by atoms with van der Waals surface area (Å²) in [7, 11) is 1.75. The highest BCUT2D eigenvalue weighted by Crippen LogP contribution is 2.16. The summed E-state index contributed by atoms with van der Waals surface area (Å²) in [5.41, 5.74) is 1.63. The Hall–Kier alpha value is -2.62. The average Bonchev–Trinajstić information content (AvgIpc) is 2.55. The van der Waals surface area contributed by atoms with Gasteiger partial charge in [-0.15, -0.1) is 0 Å². The molecule has 2 aromatic carbocycles. The van der Waals surface area contributed by atoms with Crippen LogP contribution >= 0.6 is 0 Å². The van der Waals surface area contributed by atoms with E-state index in [-0.39, 0.29) is 11.7 Å². The van der Waals surface area contributed by atoms with E-state index in [0.29, 0.717) is 17.9 Å². The molecular formula is C19H21NO3. The summed E-state index contributed by atoms with van der Waals surface area (Å²) in [6, 6.07) is 16.7. The smallest absolute Gasteiger partial charge is 0.263 e. The van der Waals surface area contributed by atoms with Crippen LogP contribution in [-0.2, 0) is 11.3 Å². The van der Waals surface area contributed by atoms with Gasteiger partial charge >= 0.3 is 0 Å². The van der Waals surface area contributed by atoms with Crippen molar-refractivity contribution in [2.45, 2.75) is 26.5 Å². The number of hydrogen-bond donors (Lipinski definition) is 0. The minimum Gasteiger partial charge on any atom is -0.481 e. The summed E-state index contributed by atoms with van der Waals surface area (Å²) in [5, 5.41) is 0. The van der Waals surface area contributed by atoms with Gasteiger partial charge in [0.25, 0.3) is 5.91 Å². The molecule has 0 fully saturated rings. The Morgan fingerprint density at radius 3 is 2.43 bits per heavy atom. The Morgan fingerprint density at radius 2 is 1.78 bits per heavy atom. The third-order valence-corrected chi connectivity index (χ3v) is 3.54. The second kappa shape index (κ2) is 7.58. The minimum absolute atomic E-state index is 0.0318. The average molecular weight is 311 g/mol. The number of carbonyl (C=O) groups excluding carboxylic acids is 2. The fourth-order valence-electron chi connectivity index (χ4n) is 2.29. The van der Waals surface area contributed by atoms with Crippen molar-refractivity contribution in [3.8, 4) is 5.75 Å². The largest absolute Gasteiger partial charge is 0.481 e. The molecule has 2 rings (SSSR count). The van der Waals surface area contributed by atoms with Crippen molar-refractivity contribution >= 4 is 11.7 Å². The van der Waals surface area contributed by atoms with Gasteiger partial charge in [0.1, 0.15) is 5.75 Å². The number of ketones is 1. The lowest BCUT2D eigenvalue weighted by atomic mass is 10.1. The Balaban J connectivity index is 1.99. The van der Waals surface area contributed by atoms with E-state index in [1.54, 1.807) is 43.1 Å². The number of Topliss-reactive ketones (excluding diaryl/α,β-unsaturated/α-hetero) is 1. The molecule has 0 saturated heterocycles. The quantitative estimate of drug-likeness (QED) is 0.769. The second-order valence-electron chi connectivity index (χ2n) is 5.52. The summed E-state index contributed by atoms with van der Waals surface area (Å²) in [6.45, 7) is 3.74. The zero-order valence-corrected chi connectivity index (χ0v) is 13.7. The number of rotatable bonds is 6. The van der Waals surface area contributed by atoms with Gasteiger partial charge in [0.15, 0.2) is 11.9 Å². The number of ether oxygens (including phenoxy) is 1. The van der Waals surface area contributed by atoms with Crippen LogP contribution < -0.4 is 4.74 Å². The molecule has 1 atom stereocenters. The summed E-state index contributed by atoms with van der Waals surface area (Å²) in [5.74, 6) is 0.379. The first-order valence-electron chi connectivity index (χ1n) is 7.54. The van der Waals surface area contributed by atoms with Crippen LogP contribution in [0.3, 0.4) is 0 Å². The van der Waals surface area contributed by atoms with Gasteiger partial charge in [-0.1, -0.05) is 42.5 Å². The van der Waals surface area contributed by atoms with Crippen molar-refractivity contribution in [3.05, 3.63) is 65.7 Å². The van der Waals surface area contributed by atoms with Crippen LogP contribution in [0.15, 0.2) is 54.6 Å². The first kappa shape index (κ1) is 16.7. The molecule has 4 heteroatoms. The van der Waals surface area contributed by atoms with Crippen LogP contribution in [0.5, 0.6) is 5.75 Å². The first-order valence-corrected chi connectivity index (χ1v) is 7.54. The van der Waals surface area contributed by atoms with Crippen LogP contribution in [0.2, 0.25) is 0 Å². The molecule has 1 amide bonds. The molecule has 0 radical (unpaired) electrons. The number of amides is 1. The van der Waals surface area contributed by atoms with Gasteiger partial charge in [-0.05, 0) is 31.5 Å². The fraction of sp³-hybridized carbons (Fsp3) is 0.263. The van der Waals surface area contributed by atoms with E-state index in [1.807, 2.05) is 30.3 Å². The Morgan fingerprint density at radius 1 is 1.09 bits per heavy atom. The molecule has 0 bridgehead atoms.